The lowest BCUT2D eigenvalue weighted by Crippen LogP contribution is -1.97. The third-order valence-corrected chi connectivity index (χ3v) is 3.60. The standard InChI is InChI=1S/C17H14ClN/c1-2-14-12-19(11-13-7-4-3-5-8-13)17-15(14)9-6-10-16(17)18/h2-10,12H,1,11H2. The summed E-state index contributed by atoms with van der Waals surface area (Å²) in [5.74, 6) is 0. The fourth-order valence-electron chi connectivity index (χ4n) is 2.41. The number of hydrogen-bond donors (Lipinski definition) is 0. The molecule has 3 rings (SSSR count). The number of fused-ring (bicyclic) bond motifs is 1. The van der Waals surface area contributed by atoms with Gasteiger partial charge in [0.05, 0.1) is 10.5 Å². The molecular weight excluding hydrogens is 254 g/mol. The summed E-state index contributed by atoms with van der Waals surface area (Å²) >= 11 is 6.34. The van der Waals surface area contributed by atoms with Crippen LogP contribution in [-0.4, -0.2) is 4.57 Å². The lowest BCUT2D eigenvalue weighted by Gasteiger charge is -2.06. The summed E-state index contributed by atoms with van der Waals surface area (Å²) in [5.41, 5.74) is 3.45. The maximum atomic E-state index is 6.34. The molecule has 0 aliphatic heterocycles. The van der Waals surface area contributed by atoms with Crippen molar-refractivity contribution in [1.29, 1.82) is 0 Å². The second kappa shape index (κ2) is 4.94. The van der Waals surface area contributed by atoms with Gasteiger partial charge in [0.25, 0.3) is 0 Å². The van der Waals surface area contributed by atoms with Crippen molar-refractivity contribution in [3.63, 3.8) is 0 Å². The summed E-state index contributed by atoms with van der Waals surface area (Å²) in [6, 6.07) is 16.4. The maximum absolute atomic E-state index is 6.34. The predicted octanol–water partition coefficient (Wildman–Crippen LogP) is 4.99. The van der Waals surface area contributed by atoms with E-state index in [-0.39, 0.29) is 0 Å². The Morgan fingerprint density at radius 1 is 1.05 bits per heavy atom. The highest BCUT2D eigenvalue weighted by Gasteiger charge is 2.09. The number of rotatable bonds is 3. The van der Waals surface area contributed by atoms with E-state index in [1.165, 1.54) is 5.56 Å². The minimum atomic E-state index is 0.779. The van der Waals surface area contributed by atoms with E-state index < -0.39 is 0 Å². The molecule has 0 unspecified atom stereocenters. The van der Waals surface area contributed by atoms with Gasteiger partial charge in [-0.2, -0.15) is 0 Å². The van der Waals surface area contributed by atoms with Crippen LogP contribution in [-0.2, 0) is 6.54 Å². The van der Waals surface area contributed by atoms with Gasteiger partial charge in [-0.05, 0) is 17.2 Å². The zero-order valence-corrected chi connectivity index (χ0v) is 11.3. The van der Waals surface area contributed by atoms with Crippen molar-refractivity contribution in [3.8, 4) is 0 Å². The zero-order valence-electron chi connectivity index (χ0n) is 10.5. The van der Waals surface area contributed by atoms with Gasteiger partial charge in [0, 0.05) is 18.1 Å². The van der Waals surface area contributed by atoms with E-state index in [1.807, 2.05) is 24.3 Å². The molecule has 94 valence electrons. The quantitative estimate of drug-likeness (QED) is 0.630. The smallest absolute Gasteiger partial charge is 0.0679 e. The lowest BCUT2D eigenvalue weighted by molar-refractivity contribution is 0.836. The molecule has 0 aliphatic carbocycles. The van der Waals surface area contributed by atoms with E-state index in [9.17, 15) is 0 Å². The minimum absolute atomic E-state index is 0.779. The molecule has 1 aromatic heterocycles. The molecule has 1 nitrogen and oxygen atoms in total. The average molecular weight is 268 g/mol. The molecular formula is C17H14ClN. The summed E-state index contributed by atoms with van der Waals surface area (Å²) in [4.78, 5) is 0. The number of nitrogens with zero attached hydrogens (tertiary/aromatic N) is 1. The Morgan fingerprint density at radius 3 is 2.58 bits per heavy atom. The van der Waals surface area contributed by atoms with Crippen LogP contribution in [0.2, 0.25) is 5.02 Å². The summed E-state index contributed by atoms with van der Waals surface area (Å²) in [6.45, 7) is 4.69. The van der Waals surface area contributed by atoms with Crippen LogP contribution in [0.3, 0.4) is 0 Å². The topological polar surface area (TPSA) is 4.93 Å². The highest BCUT2D eigenvalue weighted by molar-refractivity contribution is 6.35. The fraction of sp³-hybridized carbons (Fsp3) is 0.0588. The molecule has 2 aromatic carbocycles. The van der Waals surface area contributed by atoms with Crippen molar-refractivity contribution in [2.75, 3.05) is 0 Å². The molecule has 0 saturated carbocycles. The van der Waals surface area contributed by atoms with E-state index in [1.54, 1.807) is 0 Å². The van der Waals surface area contributed by atoms with Crippen LogP contribution in [0.25, 0.3) is 17.0 Å². The summed E-state index contributed by atoms with van der Waals surface area (Å²) < 4.78 is 2.18. The van der Waals surface area contributed by atoms with Gasteiger partial charge in [-0.3, -0.25) is 0 Å². The molecule has 0 atom stereocenters. The van der Waals surface area contributed by atoms with Gasteiger partial charge >= 0.3 is 0 Å². The van der Waals surface area contributed by atoms with Crippen LogP contribution in [0, 0.1) is 0 Å². The largest absolute Gasteiger partial charge is 0.341 e. The van der Waals surface area contributed by atoms with E-state index in [4.69, 9.17) is 11.6 Å². The molecule has 2 heteroatoms. The Bertz CT molecular complexity index is 726. The van der Waals surface area contributed by atoms with E-state index in [0.717, 1.165) is 28.0 Å². The third kappa shape index (κ3) is 2.18. The van der Waals surface area contributed by atoms with Crippen molar-refractivity contribution in [1.82, 2.24) is 4.57 Å². The lowest BCUT2D eigenvalue weighted by atomic mass is 10.2. The first-order chi connectivity index (χ1) is 9.29. The maximum Gasteiger partial charge on any atom is 0.0679 e. The highest BCUT2D eigenvalue weighted by Crippen LogP contribution is 2.29. The summed E-state index contributed by atoms with van der Waals surface area (Å²) in [6.07, 6.45) is 3.98. The van der Waals surface area contributed by atoms with Gasteiger partial charge in [0.15, 0.2) is 0 Å². The molecule has 0 amide bonds. The van der Waals surface area contributed by atoms with Crippen molar-refractivity contribution < 1.29 is 0 Å². The Labute approximate surface area is 117 Å². The van der Waals surface area contributed by atoms with E-state index in [0.29, 0.717) is 0 Å². The number of aromatic nitrogens is 1. The molecule has 19 heavy (non-hydrogen) atoms. The molecule has 0 bridgehead atoms. The van der Waals surface area contributed by atoms with Crippen LogP contribution in [0.4, 0.5) is 0 Å². The van der Waals surface area contributed by atoms with Crippen molar-refractivity contribution in [3.05, 3.63) is 77.5 Å². The third-order valence-electron chi connectivity index (χ3n) is 3.30. The second-order valence-corrected chi connectivity index (χ2v) is 4.95. The molecule has 0 spiro atoms. The predicted molar refractivity (Wildman–Crippen MR) is 82.6 cm³/mol. The van der Waals surface area contributed by atoms with Crippen LogP contribution < -0.4 is 0 Å². The molecule has 0 fully saturated rings. The van der Waals surface area contributed by atoms with E-state index in [2.05, 4.69) is 47.7 Å². The second-order valence-electron chi connectivity index (χ2n) is 4.54. The first kappa shape index (κ1) is 12.1. The van der Waals surface area contributed by atoms with Gasteiger partial charge in [0.1, 0.15) is 0 Å². The number of para-hydroxylation sites is 1. The Morgan fingerprint density at radius 2 is 1.84 bits per heavy atom. The van der Waals surface area contributed by atoms with Crippen LogP contribution >= 0.6 is 11.6 Å². The van der Waals surface area contributed by atoms with Gasteiger partial charge in [-0.25, -0.2) is 0 Å². The molecule has 0 saturated heterocycles. The zero-order chi connectivity index (χ0) is 13.2. The van der Waals surface area contributed by atoms with Crippen molar-refractivity contribution in [2.45, 2.75) is 6.54 Å². The molecule has 0 radical (unpaired) electrons. The Kier molecular flexibility index (Phi) is 3.14. The van der Waals surface area contributed by atoms with Gasteiger partial charge < -0.3 is 4.57 Å². The first-order valence-corrected chi connectivity index (χ1v) is 6.61. The molecule has 3 aromatic rings. The van der Waals surface area contributed by atoms with Gasteiger partial charge in [-0.15, -0.1) is 0 Å². The van der Waals surface area contributed by atoms with E-state index >= 15 is 0 Å². The van der Waals surface area contributed by atoms with Crippen molar-refractivity contribution >= 4 is 28.6 Å². The molecule has 0 aliphatic rings. The van der Waals surface area contributed by atoms with Crippen molar-refractivity contribution in [2.24, 2.45) is 0 Å². The SMILES string of the molecule is C=Cc1cn(Cc2ccccc2)c2c(Cl)cccc12. The summed E-state index contributed by atoms with van der Waals surface area (Å²) in [5, 5.41) is 1.93. The average Bonchev–Trinajstić information content (AvgIpc) is 2.79. The van der Waals surface area contributed by atoms with Crippen LogP contribution in [0.5, 0.6) is 0 Å². The normalized spacial score (nSPS) is 10.8. The van der Waals surface area contributed by atoms with Gasteiger partial charge in [0.2, 0.25) is 0 Å². The highest BCUT2D eigenvalue weighted by atomic mass is 35.5. The number of hydrogen-bond acceptors (Lipinski definition) is 0. The van der Waals surface area contributed by atoms with Crippen LogP contribution in [0.15, 0.2) is 61.3 Å². The minimum Gasteiger partial charge on any atom is -0.341 e. The monoisotopic (exact) mass is 267 g/mol. The number of benzene rings is 2. The molecule has 1 heterocycles. The Balaban J connectivity index is 2.16. The first-order valence-electron chi connectivity index (χ1n) is 6.23. The number of halogens is 1. The summed E-state index contributed by atoms with van der Waals surface area (Å²) in [7, 11) is 0. The Hall–Kier alpha value is -1.99. The van der Waals surface area contributed by atoms with Crippen LogP contribution in [0.1, 0.15) is 11.1 Å². The molecule has 0 N–H and O–H groups in total. The fourth-order valence-corrected chi connectivity index (χ4v) is 2.69. The van der Waals surface area contributed by atoms with Gasteiger partial charge in [-0.1, -0.05) is 66.7 Å².